The minimum atomic E-state index is -0.266. The maximum atomic E-state index is 13.7. The highest BCUT2D eigenvalue weighted by Crippen LogP contribution is 2.41. The predicted molar refractivity (Wildman–Crippen MR) is 74.8 cm³/mol. The molecular weight excluding hydrogens is 241 g/mol. The molecule has 3 rings (SSSR count). The predicted octanol–water partition coefficient (Wildman–Crippen LogP) is 4.06. The van der Waals surface area contributed by atoms with Gasteiger partial charge in [0.15, 0.2) is 11.4 Å². The van der Waals surface area contributed by atoms with Gasteiger partial charge < -0.3 is 9.73 Å². The summed E-state index contributed by atoms with van der Waals surface area (Å²) in [6.07, 6.45) is 2.28. The molecule has 2 nitrogen and oxygen atoms in total. The van der Waals surface area contributed by atoms with Crippen LogP contribution in [0.15, 0.2) is 28.7 Å². The van der Waals surface area contributed by atoms with Gasteiger partial charge in [0.2, 0.25) is 0 Å². The van der Waals surface area contributed by atoms with Crippen molar-refractivity contribution < 1.29 is 8.81 Å². The second kappa shape index (κ2) is 4.97. The molecule has 2 aromatic rings. The number of halogens is 1. The van der Waals surface area contributed by atoms with Gasteiger partial charge in [-0.1, -0.05) is 26.0 Å². The van der Waals surface area contributed by atoms with Gasteiger partial charge in [0.05, 0.1) is 0 Å². The van der Waals surface area contributed by atoms with Crippen LogP contribution in [0.1, 0.15) is 38.4 Å². The van der Waals surface area contributed by atoms with Crippen LogP contribution in [-0.2, 0) is 0 Å². The van der Waals surface area contributed by atoms with Gasteiger partial charge in [-0.2, -0.15) is 0 Å². The average Bonchev–Trinajstić information content (AvgIpc) is 2.96. The van der Waals surface area contributed by atoms with Crippen LogP contribution in [0.25, 0.3) is 11.0 Å². The standard InChI is InChI=1S/C16H20FNO/c1-3-18-14-8-7-12(10(14)2)15-9-11-5-4-6-13(17)16(11)19-15/h4-6,9-10,12,14,18H,3,7-8H2,1-2H3. The molecule has 0 radical (unpaired) electrons. The Bertz CT molecular complexity index is 577. The fourth-order valence-corrected chi connectivity index (χ4v) is 3.35. The van der Waals surface area contributed by atoms with E-state index in [-0.39, 0.29) is 5.82 Å². The van der Waals surface area contributed by atoms with Crippen LogP contribution in [0, 0.1) is 11.7 Å². The number of furan rings is 1. The lowest BCUT2D eigenvalue weighted by molar-refractivity contribution is 0.376. The van der Waals surface area contributed by atoms with Crippen LogP contribution in [0.4, 0.5) is 4.39 Å². The summed E-state index contributed by atoms with van der Waals surface area (Å²) in [7, 11) is 0. The van der Waals surface area contributed by atoms with Crippen LogP contribution in [0.5, 0.6) is 0 Å². The number of hydrogen-bond donors (Lipinski definition) is 1. The first-order valence-electron chi connectivity index (χ1n) is 7.12. The van der Waals surface area contributed by atoms with Crippen LogP contribution in [-0.4, -0.2) is 12.6 Å². The quantitative estimate of drug-likeness (QED) is 0.901. The maximum Gasteiger partial charge on any atom is 0.169 e. The van der Waals surface area contributed by atoms with Crippen molar-refractivity contribution in [3.05, 3.63) is 35.8 Å². The fraction of sp³-hybridized carbons (Fsp3) is 0.500. The van der Waals surface area contributed by atoms with Crippen LogP contribution >= 0.6 is 0 Å². The molecule has 19 heavy (non-hydrogen) atoms. The first-order valence-corrected chi connectivity index (χ1v) is 7.12. The zero-order chi connectivity index (χ0) is 13.4. The lowest BCUT2D eigenvalue weighted by Gasteiger charge is -2.19. The molecule has 102 valence electrons. The topological polar surface area (TPSA) is 25.2 Å². The van der Waals surface area contributed by atoms with Gasteiger partial charge in [0, 0.05) is 17.3 Å². The van der Waals surface area contributed by atoms with Gasteiger partial charge in [-0.05, 0) is 37.4 Å². The Balaban J connectivity index is 1.91. The minimum Gasteiger partial charge on any atom is -0.458 e. The van der Waals surface area contributed by atoms with Crippen molar-refractivity contribution in [1.82, 2.24) is 5.32 Å². The summed E-state index contributed by atoms with van der Waals surface area (Å²) < 4.78 is 19.5. The number of benzene rings is 1. The fourth-order valence-electron chi connectivity index (χ4n) is 3.35. The van der Waals surface area contributed by atoms with Crippen molar-refractivity contribution in [2.75, 3.05) is 6.54 Å². The smallest absolute Gasteiger partial charge is 0.169 e. The van der Waals surface area contributed by atoms with E-state index in [1.54, 1.807) is 6.07 Å². The third-order valence-electron chi connectivity index (χ3n) is 4.40. The van der Waals surface area contributed by atoms with E-state index in [9.17, 15) is 4.39 Å². The van der Waals surface area contributed by atoms with E-state index in [1.165, 1.54) is 12.5 Å². The molecule has 1 aromatic carbocycles. The molecule has 1 aliphatic carbocycles. The van der Waals surface area contributed by atoms with Crippen molar-refractivity contribution in [2.24, 2.45) is 5.92 Å². The summed E-state index contributed by atoms with van der Waals surface area (Å²) >= 11 is 0. The second-order valence-corrected chi connectivity index (χ2v) is 5.51. The van der Waals surface area contributed by atoms with Gasteiger partial charge >= 0.3 is 0 Å². The monoisotopic (exact) mass is 261 g/mol. The summed E-state index contributed by atoms with van der Waals surface area (Å²) in [6, 6.07) is 7.65. The molecule has 3 atom stereocenters. The van der Waals surface area contributed by atoms with E-state index < -0.39 is 0 Å². The molecule has 1 fully saturated rings. The Hall–Kier alpha value is -1.35. The Morgan fingerprint density at radius 2 is 2.21 bits per heavy atom. The number of rotatable bonds is 3. The van der Waals surface area contributed by atoms with Crippen molar-refractivity contribution >= 4 is 11.0 Å². The summed E-state index contributed by atoms with van der Waals surface area (Å²) in [5.74, 6) is 1.60. The van der Waals surface area contributed by atoms with Crippen molar-refractivity contribution in [1.29, 1.82) is 0 Å². The van der Waals surface area contributed by atoms with E-state index >= 15 is 0 Å². The number of hydrogen-bond acceptors (Lipinski definition) is 2. The number of nitrogens with one attached hydrogen (secondary N) is 1. The maximum absolute atomic E-state index is 13.7. The molecule has 1 saturated carbocycles. The molecule has 3 heteroatoms. The Morgan fingerprint density at radius 1 is 1.37 bits per heavy atom. The van der Waals surface area contributed by atoms with Crippen LogP contribution in [0.2, 0.25) is 0 Å². The third kappa shape index (κ3) is 2.16. The SMILES string of the molecule is CCNC1CCC(c2cc3cccc(F)c3o2)C1C. The molecule has 3 unspecified atom stereocenters. The Labute approximate surface area is 113 Å². The molecule has 1 aromatic heterocycles. The van der Waals surface area contributed by atoms with Crippen molar-refractivity contribution in [3.63, 3.8) is 0 Å². The Morgan fingerprint density at radius 3 is 2.95 bits per heavy atom. The Kier molecular flexibility index (Phi) is 3.31. The van der Waals surface area contributed by atoms with E-state index in [0.717, 1.165) is 24.1 Å². The van der Waals surface area contributed by atoms with Crippen LogP contribution in [0.3, 0.4) is 0 Å². The molecular formula is C16H20FNO. The van der Waals surface area contributed by atoms with Crippen molar-refractivity contribution in [2.45, 2.75) is 38.6 Å². The third-order valence-corrected chi connectivity index (χ3v) is 4.40. The highest BCUT2D eigenvalue weighted by atomic mass is 19.1. The van der Waals surface area contributed by atoms with Gasteiger partial charge in [0.1, 0.15) is 5.76 Å². The largest absolute Gasteiger partial charge is 0.458 e. The zero-order valence-corrected chi connectivity index (χ0v) is 11.4. The summed E-state index contributed by atoms with van der Waals surface area (Å²) in [6.45, 7) is 5.39. The summed E-state index contributed by atoms with van der Waals surface area (Å²) in [4.78, 5) is 0. The highest BCUT2D eigenvalue weighted by molar-refractivity contribution is 5.78. The molecule has 0 amide bonds. The molecule has 0 spiro atoms. The number of fused-ring (bicyclic) bond motifs is 1. The molecule has 0 aliphatic heterocycles. The first-order chi connectivity index (χ1) is 9.20. The highest BCUT2D eigenvalue weighted by Gasteiger charge is 2.35. The van der Waals surface area contributed by atoms with Gasteiger partial charge in [-0.25, -0.2) is 4.39 Å². The van der Waals surface area contributed by atoms with E-state index in [0.29, 0.717) is 23.5 Å². The minimum absolute atomic E-state index is 0.266. The van der Waals surface area contributed by atoms with Gasteiger partial charge in [-0.3, -0.25) is 0 Å². The molecule has 1 N–H and O–H groups in total. The van der Waals surface area contributed by atoms with E-state index in [4.69, 9.17) is 4.42 Å². The lowest BCUT2D eigenvalue weighted by Crippen LogP contribution is -2.31. The van der Waals surface area contributed by atoms with Gasteiger partial charge in [-0.15, -0.1) is 0 Å². The molecule has 0 saturated heterocycles. The van der Waals surface area contributed by atoms with Crippen LogP contribution < -0.4 is 5.32 Å². The molecule has 1 heterocycles. The normalized spacial score (nSPS) is 27.2. The molecule has 0 bridgehead atoms. The average molecular weight is 261 g/mol. The second-order valence-electron chi connectivity index (χ2n) is 5.51. The lowest BCUT2D eigenvalue weighted by atomic mass is 9.93. The van der Waals surface area contributed by atoms with Gasteiger partial charge in [0.25, 0.3) is 0 Å². The summed E-state index contributed by atoms with van der Waals surface area (Å²) in [5, 5.41) is 4.39. The number of para-hydroxylation sites is 1. The first kappa shape index (κ1) is 12.7. The van der Waals surface area contributed by atoms with Crippen molar-refractivity contribution in [3.8, 4) is 0 Å². The zero-order valence-electron chi connectivity index (χ0n) is 11.4. The van der Waals surface area contributed by atoms with E-state index in [1.807, 2.05) is 12.1 Å². The summed E-state index contributed by atoms with van der Waals surface area (Å²) in [5.41, 5.74) is 0.400. The molecule has 1 aliphatic rings. The van der Waals surface area contributed by atoms with E-state index in [2.05, 4.69) is 19.2 Å².